The van der Waals surface area contributed by atoms with E-state index in [1.807, 2.05) is 0 Å². The number of nitrogens with zero attached hydrogens (tertiary/aromatic N) is 1. The molecule has 0 radical (unpaired) electrons. The zero-order chi connectivity index (χ0) is 15.3. The van der Waals surface area contributed by atoms with Crippen LogP contribution in [0.4, 0.5) is 0 Å². The fraction of sp³-hybridized carbons (Fsp3) is 0.214. The maximum absolute atomic E-state index is 12.0. The normalized spacial score (nSPS) is 11.0. The van der Waals surface area contributed by atoms with E-state index in [1.165, 1.54) is 6.20 Å². The molecule has 0 amide bonds. The van der Waals surface area contributed by atoms with Crippen LogP contribution in [0.3, 0.4) is 0 Å². The summed E-state index contributed by atoms with van der Waals surface area (Å²) in [6.45, 7) is 1.62. The summed E-state index contributed by atoms with van der Waals surface area (Å²) in [5.74, 6) is 5.86. The van der Waals surface area contributed by atoms with Gasteiger partial charge in [0.05, 0.1) is 6.20 Å². The van der Waals surface area contributed by atoms with Gasteiger partial charge in [0, 0.05) is 12.1 Å². The van der Waals surface area contributed by atoms with Crippen LogP contribution in [0.5, 0.6) is 0 Å². The van der Waals surface area contributed by atoms with Crippen molar-refractivity contribution in [2.24, 2.45) is 0 Å². The third kappa shape index (κ3) is 4.16. The molecule has 0 unspecified atom stereocenters. The standard InChI is InChI=1S/C14H15N3O3S/c1-11-15-10-14(17-11)21(19,20)16-9-13-5-2-4-12(8-13)6-3-7-18/h2,4-5,8,10,16,18H,7,9H2,1H3,(H,15,17). The fourth-order valence-electron chi connectivity index (χ4n) is 1.69. The van der Waals surface area contributed by atoms with Crippen LogP contribution in [0.15, 0.2) is 35.5 Å². The van der Waals surface area contributed by atoms with Crippen molar-refractivity contribution in [1.29, 1.82) is 0 Å². The molecule has 0 aliphatic rings. The number of imidazole rings is 1. The number of nitrogens with one attached hydrogen (secondary N) is 2. The highest BCUT2D eigenvalue weighted by atomic mass is 32.2. The first-order chi connectivity index (χ1) is 10.0. The number of hydrogen-bond donors (Lipinski definition) is 3. The highest BCUT2D eigenvalue weighted by molar-refractivity contribution is 7.89. The van der Waals surface area contributed by atoms with Gasteiger partial charge in [-0.2, -0.15) is 0 Å². The van der Waals surface area contributed by atoms with E-state index < -0.39 is 10.0 Å². The molecular weight excluding hydrogens is 290 g/mol. The number of aryl methyl sites for hydroxylation is 1. The minimum absolute atomic E-state index is 0.0382. The Hall–Kier alpha value is -2.14. The zero-order valence-electron chi connectivity index (χ0n) is 11.4. The maximum atomic E-state index is 12.0. The van der Waals surface area contributed by atoms with Gasteiger partial charge in [-0.1, -0.05) is 24.0 Å². The van der Waals surface area contributed by atoms with Gasteiger partial charge >= 0.3 is 0 Å². The third-order valence-electron chi connectivity index (χ3n) is 2.67. The van der Waals surface area contributed by atoms with Crippen LogP contribution >= 0.6 is 0 Å². The van der Waals surface area contributed by atoms with Crippen molar-refractivity contribution in [2.45, 2.75) is 18.5 Å². The molecule has 7 heteroatoms. The fourth-order valence-corrected chi connectivity index (χ4v) is 2.68. The smallest absolute Gasteiger partial charge is 0.257 e. The van der Waals surface area contributed by atoms with Crippen molar-refractivity contribution in [1.82, 2.24) is 14.7 Å². The van der Waals surface area contributed by atoms with Gasteiger partial charge in [0.2, 0.25) is 0 Å². The van der Waals surface area contributed by atoms with Gasteiger partial charge in [0.25, 0.3) is 10.0 Å². The SMILES string of the molecule is Cc1ncc(S(=O)(=O)NCc2cccc(C#CCO)c2)[nH]1. The van der Waals surface area contributed by atoms with E-state index in [0.29, 0.717) is 5.82 Å². The van der Waals surface area contributed by atoms with E-state index in [4.69, 9.17) is 5.11 Å². The first-order valence-electron chi connectivity index (χ1n) is 6.21. The number of rotatable bonds is 4. The molecule has 0 saturated heterocycles. The van der Waals surface area contributed by atoms with Crippen molar-refractivity contribution in [3.05, 3.63) is 47.4 Å². The maximum Gasteiger partial charge on any atom is 0.257 e. The van der Waals surface area contributed by atoms with Crippen molar-refractivity contribution in [2.75, 3.05) is 6.61 Å². The molecule has 0 fully saturated rings. The van der Waals surface area contributed by atoms with E-state index >= 15 is 0 Å². The molecule has 1 aromatic heterocycles. The molecule has 21 heavy (non-hydrogen) atoms. The Bertz CT molecular complexity index is 785. The zero-order valence-corrected chi connectivity index (χ0v) is 12.2. The highest BCUT2D eigenvalue weighted by Gasteiger charge is 2.15. The molecule has 0 bridgehead atoms. The third-order valence-corrected chi connectivity index (χ3v) is 3.99. The van der Waals surface area contributed by atoms with Crippen LogP contribution in [-0.2, 0) is 16.6 Å². The lowest BCUT2D eigenvalue weighted by atomic mass is 10.1. The first-order valence-corrected chi connectivity index (χ1v) is 7.69. The number of aromatic amines is 1. The van der Waals surface area contributed by atoms with Gasteiger partial charge in [-0.05, 0) is 24.6 Å². The van der Waals surface area contributed by atoms with Gasteiger partial charge in [-0.25, -0.2) is 18.1 Å². The molecule has 6 nitrogen and oxygen atoms in total. The van der Waals surface area contributed by atoms with Crippen LogP contribution < -0.4 is 4.72 Å². The van der Waals surface area contributed by atoms with Gasteiger partial charge in [0.15, 0.2) is 5.03 Å². The molecule has 3 N–H and O–H groups in total. The monoisotopic (exact) mass is 305 g/mol. The van der Waals surface area contributed by atoms with Crippen molar-refractivity contribution in [3.63, 3.8) is 0 Å². The second kappa shape index (κ2) is 6.54. The summed E-state index contributed by atoms with van der Waals surface area (Å²) in [6.07, 6.45) is 1.28. The number of sulfonamides is 1. The topological polar surface area (TPSA) is 95.1 Å². The summed E-state index contributed by atoms with van der Waals surface area (Å²) in [6, 6.07) is 7.14. The molecule has 0 aliphatic carbocycles. The molecule has 1 heterocycles. The molecule has 0 aliphatic heterocycles. The predicted molar refractivity (Wildman–Crippen MR) is 77.8 cm³/mol. The predicted octanol–water partition coefficient (Wildman–Crippen LogP) is 0.540. The molecule has 0 saturated carbocycles. The Morgan fingerprint density at radius 1 is 1.43 bits per heavy atom. The molecule has 0 spiro atoms. The van der Waals surface area contributed by atoms with Gasteiger partial charge in [0.1, 0.15) is 12.4 Å². The molecule has 2 rings (SSSR count). The number of H-pyrrole nitrogens is 1. The second-order valence-electron chi connectivity index (χ2n) is 4.32. The van der Waals surface area contributed by atoms with Gasteiger partial charge in [-0.3, -0.25) is 0 Å². The summed E-state index contributed by atoms with van der Waals surface area (Å²) >= 11 is 0. The Kier molecular flexibility index (Phi) is 4.75. The van der Waals surface area contributed by atoms with Crippen molar-refractivity contribution in [3.8, 4) is 11.8 Å². The van der Waals surface area contributed by atoms with E-state index in [9.17, 15) is 8.42 Å². The first kappa shape index (κ1) is 15.3. The lowest BCUT2D eigenvalue weighted by Crippen LogP contribution is -2.23. The second-order valence-corrected chi connectivity index (χ2v) is 6.05. The van der Waals surface area contributed by atoms with Crippen LogP contribution in [0.2, 0.25) is 0 Å². The van der Waals surface area contributed by atoms with E-state index in [2.05, 4.69) is 26.5 Å². The Morgan fingerprint density at radius 3 is 2.90 bits per heavy atom. The minimum atomic E-state index is -3.61. The highest BCUT2D eigenvalue weighted by Crippen LogP contribution is 2.08. The summed E-state index contributed by atoms with van der Waals surface area (Å²) in [5, 5.41) is 8.70. The Labute approximate surface area is 123 Å². The van der Waals surface area contributed by atoms with E-state index in [0.717, 1.165) is 11.1 Å². The molecular formula is C14H15N3O3S. The molecule has 0 atom stereocenters. The van der Waals surface area contributed by atoms with Crippen LogP contribution in [0.1, 0.15) is 17.0 Å². The number of aliphatic hydroxyl groups is 1. The average Bonchev–Trinajstić information content (AvgIpc) is 2.91. The minimum Gasteiger partial charge on any atom is -0.384 e. The number of aromatic nitrogens is 2. The summed E-state index contributed by atoms with van der Waals surface area (Å²) in [4.78, 5) is 6.55. The van der Waals surface area contributed by atoms with Gasteiger partial charge < -0.3 is 10.1 Å². The number of hydrogen-bond acceptors (Lipinski definition) is 4. The van der Waals surface area contributed by atoms with Crippen molar-refractivity contribution >= 4 is 10.0 Å². The van der Waals surface area contributed by atoms with Crippen molar-refractivity contribution < 1.29 is 13.5 Å². The number of aliphatic hydroxyl groups excluding tert-OH is 1. The molecule has 1 aromatic carbocycles. The largest absolute Gasteiger partial charge is 0.384 e. The van der Waals surface area contributed by atoms with Crippen LogP contribution in [0, 0.1) is 18.8 Å². The molecule has 2 aromatic rings. The lowest BCUT2D eigenvalue weighted by Gasteiger charge is -2.05. The summed E-state index contributed by atoms with van der Waals surface area (Å²) < 4.78 is 26.6. The Balaban J connectivity index is 2.09. The Morgan fingerprint density at radius 2 is 2.24 bits per heavy atom. The molecule has 110 valence electrons. The number of benzene rings is 1. The quantitative estimate of drug-likeness (QED) is 0.719. The summed E-state index contributed by atoms with van der Waals surface area (Å²) in [5.41, 5.74) is 1.50. The lowest BCUT2D eigenvalue weighted by molar-refractivity contribution is 0.350. The average molecular weight is 305 g/mol. The summed E-state index contributed by atoms with van der Waals surface area (Å²) in [7, 11) is -3.61. The van der Waals surface area contributed by atoms with E-state index in [1.54, 1.807) is 31.2 Å². The van der Waals surface area contributed by atoms with E-state index in [-0.39, 0.29) is 18.2 Å². The van der Waals surface area contributed by atoms with Crippen LogP contribution in [0.25, 0.3) is 0 Å². The van der Waals surface area contributed by atoms with Crippen LogP contribution in [-0.4, -0.2) is 30.1 Å². The van der Waals surface area contributed by atoms with Gasteiger partial charge in [-0.15, -0.1) is 0 Å².